The third-order valence-electron chi connectivity index (χ3n) is 11.7. The molecule has 0 spiro atoms. The molecule has 6 heteroatoms. The Morgan fingerprint density at radius 2 is 0.903 bits per heavy atom. The predicted octanol–water partition coefficient (Wildman–Crippen LogP) is 15.2. The van der Waals surface area contributed by atoms with Gasteiger partial charge < -0.3 is 4.42 Å². The number of para-hydroxylation sites is 1. The first-order valence-corrected chi connectivity index (χ1v) is 21.4. The Bertz CT molecular complexity index is 3600. The highest BCUT2D eigenvalue weighted by Crippen LogP contribution is 2.44. The van der Waals surface area contributed by atoms with Gasteiger partial charge in [-0.2, -0.15) is 0 Å². The van der Waals surface area contributed by atoms with Gasteiger partial charge in [-0.25, -0.2) is 19.9 Å². The van der Waals surface area contributed by atoms with Gasteiger partial charge in [0.25, 0.3) is 0 Å². The topological polar surface area (TPSA) is 64.7 Å². The lowest BCUT2D eigenvalue weighted by Crippen LogP contribution is -1.96. The molecule has 62 heavy (non-hydrogen) atoms. The number of nitrogens with zero attached hydrogens (tertiary/aromatic N) is 4. The lowest BCUT2D eigenvalue weighted by molar-refractivity contribution is 0.670. The second-order valence-corrected chi connectivity index (χ2v) is 16.5. The number of thiophene rings is 1. The van der Waals surface area contributed by atoms with Crippen LogP contribution in [0.1, 0.15) is 0 Å². The Labute approximate surface area is 361 Å². The summed E-state index contributed by atoms with van der Waals surface area (Å²) in [4.78, 5) is 19.6. The van der Waals surface area contributed by atoms with Crippen molar-refractivity contribution in [3.05, 3.63) is 207 Å². The third-order valence-corrected chi connectivity index (χ3v) is 12.8. The summed E-state index contributed by atoms with van der Waals surface area (Å²) in [7, 11) is 0. The molecule has 0 aliphatic carbocycles. The van der Waals surface area contributed by atoms with Crippen molar-refractivity contribution in [1.82, 2.24) is 19.9 Å². The van der Waals surface area contributed by atoms with Crippen molar-refractivity contribution in [1.29, 1.82) is 0 Å². The smallest absolute Gasteiger partial charge is 0.160 e. The zero-order valence-corrected chi connectivity index (χ0v) is 34.1. The van der Waals surface area contributed by atoms with Gasteiger partial charge in [-0.1, -0.05) is 158 Å². The van der Waals surface area contributed by atoms with Crippen LogP contribution in [0.15, 0.2) is 211 Å². The summed E-state index contributed by atoms with van der Waals surface area (Å²) in [6.07, 6.45) is 3.75. The minimum atomic E-state index is 0.646. The first-order chi connectivity index (χ1) is 30.7. The number of fused-ring (bicyclic) bond motifs is 6. The Morgan fingerprint density at radius 1 is 0.355 bits per heavy atom. The number of furan rings is 1. The molecule has 5 nitrogen and oxygen atoms in total. The van der Waals surface area contributed by atoms with Gasteiger partial charge in [0.15, 0.2) is 11.6 Å². The maximum Gasteiger partial charge on any atom is 0.160 e. The van der Waals surface area contributed by atoms with Crippen LogP contribution in [0.5, 0.6) is 0 Å². The van der Waals surface area contributed by atoms with Crippen LogP contribution in [0.2, 0.25) is 0 Å². The van der Waals surface area contributed by atoms with Crippen LogP contribution < -0.4 is 0 Å². The zero-order valence-electron chi connectivity index (χ0n) is 33.2. The highest BCUT2D eigenvalue weighted by atomic mass is 32.1. The first kappa shape index (κ1) is 35.8. The van der Waals surface area contributed by atoms with E-state index in [2.05, 4.69) is 137 Å². The number of rotatable bonds is 7. The zero-order chi connectivity index (χ0) is 41.0. The average Bonchev–Trinajstić information content (AvgIpc) is 3.93. The standard InChI is InChI=1S/C56H34N4OS/c1-3-11-35(12-4-1)42-33-57-55(58-34-42)39-23-25-40(26-24-39)56-59-48(37-13-5-2-6-14-37)32-49(60-56)38-21-19-36(20-22-38)43-28-29-44(54-53(43)46-16-7-9-17-50(46)61-54)41-27-30-52-47(31-41)45-15-8-10-18-51(45)62-52/h1-34H. The molecule has 0 saturated carbocycles. The molecule has 0 aliphatic rings. The molecule has 12 aromatic rings. The van der Waals surface area contributed by atoms with Gasteiger partial charge in [0.05, 0.1) is 11.4 Å². The van der Waals surface area contributed by atoms with Gasteiger partial charge in [0.1, 0.15) is 11.2 Å². The maximum absolute atomic E-state index is 6.72. The molecule has 0 atom stereocenters. The van der Waals surface area contributed by atoms with Crippen LogP contribution in [0, 0.1) is 0 Å². The van der Waals surface area contributed by atoms with E-state index in [1.54, 1.807) is 0 Å². The van der Waals surface area contributed by atoms with Crippen molar-refractivity contribution < 1.29 is 4.42 Å². The van der Waals surface area contributed by atoms with E-state index in [-0.39, 0.29) is 0 Å². The lowest BCUT2D eigenvalue weighted by Gasteiger charge is -2.11. The highest BCUT2D eigenvalue weighted by molar-refractivity contribution is 7.25. The van der Waals surface area contributed by atoms with Crippen LogP contribution in [-0.2, 0) is 0 Å². The summed E-state index contributed by atoms with van der Waals surface area (Å²) in [5.41, 5.74) is 13.8. The van der Waals surface area contributed by atoms with Crippen LogP contribution in [0.25, 0.3) is 121 Å². The highest BCUT2D eigenvalue weighted by Gasteiger charge is 2.19. The van der Waals surface area contributed by atoms with Crippen LogP contribution in [0.3, 0.4) is 0 Å². The van der Waals surface area contributed by atoms with Gasteiger partial charge >= 0.3 is 0 Å². The summed E-state index contributed by atoms with van der Waals surface area (Å²) < 4.78 is 9.30. The van der Waals surface area contributed by atoms with Crippen molar-refractivity contribution in [3.63, 3.8) is 0 Å². The quantitative estimate of drug-likeness (QED) is 0.160. The number of hydrogen-bond acceptors (Lipinski definition) is 6. The summed E-state index contributed by atoms with van der Waals surface area (Å²) in [5, 5.41) is 4.76. The molecule has 0 amide bonds. The molecule has 0 fully saturated rings. The van der Waals surface area contributed by atoms with E-state index in [1.165, 1.54) is 20.2 Å². The van der Waals surface area contributed by atoms with E-state index in [9.17, 15) is 0 Å². The van der Waals surface area contributed by atoms with Crippen molar-refractivity contribution in [2.75, 3.05) is 0 Å². The molecule has 8 aromatic carbocycles. The van der Waals surface area contributed by atoms with E-state index < -0.39 is 0 Å². The van der Waals surface area contributed by atoms with E-state index in [0.717, 1.165) is 89.0 Å². The normalized spacial score (nSPS) is 11.5. The fourth-order valence-electron chi connectivity index (χ4n) is 8.52. The van der Waals surface area contributed by atoms with E-state index in [0.29, 0.717) is 11.6 Å². The van der Waals surface area contributed by atoms with Crippen molar-refractivity contribution in [3.8, 4) is 78.7 Å². The lowest BCUT2D eigenvalue weighted by atomic mass is 9.93. The molecule has 0 radical (unpaired) electrons. The van der Waals surface area contributed by atoms with Crippen molar-refractivity contribution >= 4 is 53.4 Å². The SMILES string of the molecule is c1ccc(-c2cnc(-c3ccc(-c4nc(-c5ccccc5)cc(-c5ccc(-c6ccc(-c7ccc8sc9ccccc9c8c7)c7oc8ccccc8c67)cc5)n4)cc3)nc2)cc1. The van der Waals surface area contributed by atoms with E-state index >= 15 is 0 Å². The third kappa shape index (κ3) is 6.33. The molecule has 0 N–H and O–H groups in total. The Balaban J connectivity index is 0.910. The molecule has 0 saturated heterocycles. The van der Waals surface area contributed by atoms with Crippen molar-refractivity contribution in [2.24, 2.45) is 0 Å². The molecule has 0 aliphatic heterocycles. The van der Waals surface area contributed by atoms with Gasteiger partial charge in [-0.15, -0.1) is 11.3 Å². The summed E-state index contributed by atoms with van der Waals surface area (Å²) >= 11 is 1.84. The molecule has 290 valence electrons. The van der Waals surface area contributed by atoms with Gasteiger partial charge in [-0.05, 0) is 58.7 Å². The van der Waals surface area contributed by atoms with Gasteiger partial charge in [0.2, 0.25) is 0 Å². The fraction of sp³-hybridized carbons (Fsp3) is 0. The molecule has 4 heterocycles. The average molecular weight is 811 g/mol. The number of hydrogen-bond donors (Lipinski definition) is 0. The second kappa shape index (κ2) is 14.9. The predicted molar refractivity (Wildman–Crippen MR) is 256 cm³/mol. The van der Waals surface area contributed by atoms with E-state index in [4.69, 9.17) is 14.4 Å². The maximum atomic E-state index is 6.72. The minimum Gasteiger partial charge on any atom is -0.455 e. The fourth-order valence-corrected chi connectivity index (χ4v) is 9.60. The summed E-state index contributed by atoms with van der Waals surface area (Å²) in [6, 6.07) is 67.6. The Kier molecular flexibility index (Phi) is 8.61. The van der Waals surface area contributed by atoms with Crippen LogP contribution in [-0.4, -0.2) is 19.9 Å². The van der Waals surface area contributed by atoms with Crippen LogP contribution >= 0.6 is 11.3 Å². The molecule has 12 rings (SSSR count). The summed E-state index contributed by atoms with van der Waals surface area (Å²) in [5.74, 6) is 1.31. The van der Waals surface area contributed by atoms with Gasteiger partial charge in [0, 0.05) is 76.7 Å². The largest absolute Gasteiger partial charge is 0.455 e. The summed E-state index contributed by atoms with van der Waals surface area (Å²) in [6.45, 7) is 0. The number of aromatic nitrogens is 4. The van der Waals surface area contributed by atoms with E-state index in [1.807, 2.05) is 90.5 Å². The second-order valence-electron chi connectivity index (χ2n) is 15.4. The Morgan fingerprint density at radius 3 is 1.65 bits per heavy atom. The first-order valence-electron chi connectivity index (χ1n) is 20.6. The van der Waals surface area contributed by atoms with Gasteiger partial charge in [-0.3, -0.25) is 0 Å². The molecule has 0 bridgehead atoms. The molecular formula is C56H34N4OS. The minimum absolute atomic E-state index is 0.646. The number of benzene rings is 8. The Hall–Kier alpha value is -8.06. The molecule has 0 unspecified atom stereocenters. The molecular weight excluding hydrogens is 777 g/mol. The molecule has 4 aromatic heterocycles. The van der Waals surface area contributed by atoms with Crippen LogP contribution in [0.4, 0.5) is 0 Å². The van der Waals surface area contributed by atoms with Crippen molar-refractivity contribution in [2.45, 2.75) is 0 Å². The monoisotopic (exact) mass is 810 g/mol.